The number of hydrogen-bond acceptors (Lipinski definition) is 7. The van der Waals surface area contributed by atoms with Gasteiger partial charge in [-0.3, -0.25) is 4.90 Å². The van der Waals surface area contributed by atoms with Crippen LogP contribution in [0.1, 0.15) is 50.5 Å². The first-order valence-electron chi connectivity index (χ1n) is 11.0. The van der Waals surface area contributed by atoms with Crippen LogP contribution in [0.25, 0.3) is 0 Å². The lowest BCUT2D eigenvalue weighted by Crippen LogP contribution is -2.50. The van der Waals surface area contributed by atoms with Gasteiger partial charge in [0.05, 0.1) is 42.8 Å². The Kier molecular flexibility index (Phi) is 6.43. The minimum Gasteiger partial charge on any atom is -0.453 e. The molecule has 2 saturated carbocycles. The Bertz CT molecular complexity index is 992. The van der Waals surface area contributed by atoms with Crippen molar-refractivity contribution in [3.05, 3.63) is 22.7 Å². The molecule has 178 valence electrons. The fourth-order valence-electron chi connectivity index (χ4n) is 5.49. The van der Waals surface area contributed by atoms with E-state index in [1.807, 2.05) is 13.8 Å². The Hall–Kier alpha value is -1.49. The maximum atomic E-state index is 12.4. The average Bonchev–Trinajstić information content (AvgIpc) is 3.38. The summed E-state index contributed by atoms with van der Waals surface area (Å²) in [5.41, 5.74) is 0.827. The van der Waals surface area contributed by atoms with E-state index < -0.39 is 28.2 Å². The Morgan fingerprint density at radius 2 is 2.16 bits per heavy atom. The van der Waals surface area contributed by atoms with Crippen LogP contribution in [0.15, 0.2) is 6.20 Å². The number of amides is 1. The molecular weight excluding hydrogens is 456 g/mol. The van der Waals surface area contributed by atoms with Crippen LogP contribution in [0.5, 0.6) is 0 Å². The van der Waals surface area contributed by atoms with E-state index in [0.29, 0.717) is 17.4 Å². The van der Waals surface area contributed by atoms with Crippen molar-refractivity contribution < 1.29 is 22.7 Å². The summed E-state index contributed by atoms with van der Waals surface area (Å²) < 4.78 is 37.6. The molecule has 11 heteroatoms. The number of carbonyl (C=O) groups is 1. The molecule has 4 rings (SSSR count). The van der Waals surface area contributed by atoms with Gasteiger partial charge >= 0.3 is 6.09 Å². The number of nitrogens with one attached hydrogen (secondary N) is 1. The minimum absolute atomic E-state index is 0.0233. The van der Waals surface area contributed by atoms with Crippen LogP contribution >= 0.6 is 11.6 Å². The molecule has 2 heterocycles. The van der Waals surface area contributed by atoms with E-state index in [1.165, 1.54) is 7.11 Å². The van der Waals surface area contributed by atoms with Crippen molar-refractivity contribution in [3.63, 3.8) is 0 Å². The zero-order valence-corrected chi connectivity index (χ0v) is 20.4. The quantitative estimate of drug-likeness (QED) is 0.657. The lowest BCUT2D eigenvalue weighted by Gasteiger charge is -2.32. The third-order valence-electron chi connectivity index (χ3n) is 7.20. The van der Waals surface area contributed by atoms with Crippen LogP contribution in [0.2, 0.25) is 5.02 Å². The maximum Gasteiger partial charge on any atom is 0.410 e. The first-order chi connectivity index (χ1) is 15.0. The van der Waals surface area contributed by atoms with Crippen molar-refractivity contribution in [2.24, 2.45) is 5.92 Å². The highest BCUT2D eigenvalue weighted by Crippen LogP contribution is 2.61. The highest BCUT2D eigenvalue weighted by atomic mass is 35.5. The number of halogens is 1. The summed E-state index contributed by atoms with van der Waals surface area (Å²) in [5, 5.41) is 0.581. The molecule has 3 aliphatic rings. The lowest BCUT2D eigenvalue weighted by atomic mass is 9.86. The van der Waals surface area contributed by atoms with Gasteiger partial charge in [0.15, 0.2) is 0 Å². The zero-order chi connectivity index (χ0) is 23.3. The highest BCUT2D eigenvalue weighted by Gasteiger charge is 2.60. The smallest absolute Gasteiger partial charge is 0.410 e. The zero-order valence-electron chi connectivity index (χ0n) is 18.9. The van der Waals surface area contributed by atoms with Crippen LogP contribution in [-0.4, -0.2) is 73.6 Å². The van der Waals surface area contributed by atoms with Crippen molar-refractivity contribution in [2.75, 3.05) is 20.0 Å². The molecule has 1 aromatic heterocycles. The molecule has 9 nitrogen and oxygen atoms in total. The molecule has 32 heavy (non-hydrogen) atoms. The standard InChI is InChI=1S/C21H31ClN4O5S/c1-12-7-17(25-32(4,28)29)18(26(12)20(27)30-3)11-31-15-5-6-21(9-14(21)8-15)19-23-10-16(22)13(2)24-19/h10,12,14-15,17-18,25H,5-9,11H2,1-4H3/t12-,14?,15?,17+,18+,21?/m1/s1. The van der Waals surface area contributed by atoms with Crippen molar-refractivity contribution in [2.45, 2.75) is 75.6 Å². The molecule has 1 aromatic rings. The summed E-state index contributed by atoms with van der Waals surface area (Å²) in [5.74, 6) is 1.34. The summed E-state index contributed by atoms with van der Waals surface area (Å²) >= 11 is 6.09. The molecule has 3 fully saturated rings. The number of carbonyl (C=O) groups excluding carboxylic acids is 1. The van der Waals surface area contributed by atoms with E-state index in [4.69, 9.17) is 21.1 Å². The van der Waals surface area contributed by atoms with Gasteiger partial charge in [0.1, 0.15) is 5.82 Å². The molecule has 3 unspecified atom stereocenters. The number of aromatic nitrogens is 2. The number of nitrogens with zero attached hydrogens (tertiary/aromatic N) is 3. The number of ether oxygens (including phenoxy) is 2. The van der Waals surface area contributed by atoms with Crippen LogP contribution in [0.3, 0.4) is 0 Å². The number of methoxy groups -OCH3 is 1. The van der Waals surface area contributed by atoms with Gasteiger partial charge in [-0.1, -0.05) is 11.6 Å². The van der Waals surface area contributed by atoms with Gasteiger partial charge in [-0.2, -0.15) is 0 Å². The van der Waals surface area contributed by atoms with Gasteiger partial charge in [0, 0.05) is 23.7 Å². The summed E-state index contributed by atoms with van der Waals surface area (Å²) in [6.07, 6.45) is 6.66. The average molecular weight is 487 g/mol. The predicted octanol–water partition coefficient (Wildman–Crippen LogP) is 2.41. The molecular formula is C21H31ClN4O5S. The molecule has 1 saturated heterocycles. The lowest BCUT2D eigenvalue weighted by molar-refractivity contribution is -0.0103. The van der Waals surface area contributed by atoms with E-state index in [1.54, 1.807) is 11.1 Å². The van der Waals surface area contributed by atoms with Gasteiger partial charge in [0.2, 0.25) is 10.0 Å². The fraction of sp³-hybridized carbons (Fsp3) is 0.762. The van der Waals surface area contributed by atoms with Crippen molar-refractivity contribution >= 4 is 27.7 Å². The minimum atomic E-state index is -3.42. The van der Waals surface area contributed by atoms with Gasteiger partial charge in [-0.25, -0.2) is 27.9 Å². The number of hydrogen-bond donors (Lipinski definition) is 1. The number of fused-ring (bicyclic) bond motifs is 1. The van der Waals surface area contributed by atoms with E-state index in [9.17, 15) is 13.2 Å². The Morgan fingerprint density at radius 1 is 1.41 bits per heavy atom. The van der Waals surface area contributed by atoms with Crippen LogP contribution in [0.4, 0.5) is 4.79 Å². The second-order valence-corrected chi connectivity index (χ2v) is 11.6. The largest absolute Gasteiger partial charge is 0.453 e. The van der Waals surface area contributed by atoms with Crippen molar-refractivity contribution in [1.82, 2.24) is 19.6 Å². The first-order valence-corrected chi connectivity index (χ1v) is 13.3. The second-order valence-electron chi connectivity index (χ2n) is 9.44. The third-order valence-corrected chi connectivity index (χ3v) is 8.30. The molecule has 0 aromatic carbocycles. The monoisotopic (exact) mass is 486 g/mol. The number of rotatable bonds is 6. The van der Waals surface area contributed by atoms with Gasteiger partial charge in [0.25, 0.3) is 0 Å². The number of likely N-dealkylation sites (tertiary alicyclic amines) is 1. The van der Waals surface area contributed by atoms with Crippen LogP contribution < -0.4 is 4.72 Å². The Balaban J connectivity index is 1.40. The van der Waals surface area contributed by atoms with Gasteiger partial charge in [-0.05, 0) is 51.9 Å². The van der Waals surface area contributed by atoms with E-state index in [-0.39, 0.29) is 24.2 Å². The topological polar surface area (TPSA) is 111 Å². The van der Waals surface area contributed by atoms with Gasteiger partial charge in [-0.15, -0.1) is 0 Å². The van der Waals surface area contributed by atoms with Crippen molar-refractivity contribution in [3.8, 4) is 0 Å². The van der Waals surface area contributed by atoms with E-state index in [0.717, 1.165) is 43.5 Å². The molecule has 0 radical (unpaired) electrons. The molecule has 0 bridgehead atoms. The molecule has 1 N–H and O–H groups in total. The molecule has 0 spiro atoms. The van der Waals surface area contributed by atoms with Gasteiger partial charge < -0.3 is 9.47 Å². The predicted molar refractivity (Wildman–Crippen MR) is 119 cm³/mol. The highest BCUT2D eigenvalue weighted by molar-refractivity contribution is 7.88. The fourth-order valence-corrected chi connectivity index (χ4v) is 6.39. The van der Waals surface area contributed by atoms with Crippen LogP contribution in [0, 0.1) is 12.8 Å². The van der Waals surface area contributed by atoms with Crippen molar-refractivity contribution in [1.29, 1.82) is 0 Å². The summed E-state index contributed by atoms with van der Waals surface area (Å²) in [4.78, 5) is 23.1. The molecule has 1 aliphatic heterocycles. The number of aryl methyl sites for hydroxylation is 1. The second kappa shape index (κ2) is 8.70. The third kappa shape index (κ3) is 4.60. The summed E-state index contributed by atoms with van der Waals surface area (Å²) in [6.45, 7) is 4.04. The van der Waals surface area contributed by atoms with E-state index >= 15 is 0 Å². The SMILES string of the molecule is COC(=O)N1[C@H](C)C[C@H](NS(C)(=O)=O)[C@@H]1COC1CCC2(c3ncc(Cl)c(C)n3)CC2C1. The Labute approximate surface area is 194 Å². The molecule has 2 aliphatic carbocycles. The molecule has 6 atom stereocenters. The molecule has 1 amide bonds. The number of sulfonamides is 1. The first kappa shape index (κ1) is 23.7. The summed E-state index contributed by atoms with van der Waals surface area (Å²) in [6, 6.07) is -0.975. The van der Waals surface area contributed by atoms with E-state index in [2.05, 4.69) is 14.7 Å². The maximum absolute atomic E-state index is 12.4. The summed E-state index contributed by atoms with van der Waals surface area (Å²) in [7, 11) is -2.09. The normalized spacial score (nSPS) is 34.3. The Morgan fingerprint density at radius 3 is 2.78 bits per heavy atom. The van der Waals surface area contributed by atoms with Crippen LogP contribution in [-0.2, 0) is 24.9 Å².